The number of methoxy groups -OCH3 is 1. The molecule has 3 rings (SSSR count). The van der Waals surface area contributed by atoms with Gasteiger partial charge in [0.05, 0.1) is 6.10 Å². The quantitative estimate of drug-likeness (QED) is 0.860. The Morgan fingerprint density at radius 2 is 1.96 bits per heavy atom. The number of carbonyl (C=O) groups excluding carboxylic acids is 1. The molecule has 0 bridgehead atoms. The van der Waals surface area contributed by atoms with Crippen LogP contribution in [0.1, 0.15) is 43.6 Å². The molecule has 0 spiro atoms. The molecule has 1 aromatic rings. The number of piperidine rings is 1. The van der Waals surface area contributed by atoms with E-state index in [1.165, 1.54) is 5.56 Å². The molecule has 1 aliphatic carbocycles. The maximum absolute atomic E-state index is 12.8. The van der Waals surface area contributed by atoms with E-state index >= 15 is 0 Å². The van der Waals surface area contributed by atoms with Crippen LogP contribution in [0, 0.1) is 5.92 Å². The topological polar surface area (TPSA) is 75.8 Å². The van der Waals surface area contributed by atoms with Crippen LogP contribution in [-0.4, -0.2) is 48.3 Å². The molecule has 5 nitrogen and oxygen atoms in total. The number of nitrogens with zero attached hydrogens (tertiary/aromatic N) is 1. The lowest BCUT2D eigenvalue weighted by atomic mass is 9.82. The first kappa shape index (κ1) is 20.0. The van der Waals surface area contributed by atoms with Crippen LogP contribution < -0.4 is 5.73 Å². The number of rotatable bonds is 3. The minimum Gasteiger partial charge on any atom is -0.508 e. The number of hydrogen-bond donors (Lipinski definition) is 2. The van der Waals surface area contributed by atoms with Gasteiger partial charge in [-0.3, -0.25) is 4.79 Å². The Balaban J connectivity index is 0.00000225. The molecule has 1 aliphatic heterocycles. The number of aromatic hydroxyl groups is 1. The van der Waals surface area contributed by atoms with Crippen LogP contribution in [0.2, 0.25) is 0 Å². The van der Waals surface area contributed by atoms with Crippen LogP contribution in [0.3, 0.4) is 0 Å². The van der Waals surface area contributed by atoms with E-state index in [2.05, 4.69) is 6.07 Å². The highest BCUT2D eigenvalue weighted by atomic mass is 35.5. The number of hydrogen-bond acceptors (Lipinski definition) is 4. The molecule has 1 saturated carbocycles. The maximum Gasteiger partial charge on any atom is 0.225 e. The summed E-state index contributed by atoms with van der Waals surface area (Å²) in [6, 6.07) is 7.45. The molecule has 2 aliphatic rings. The number of nitrogens with two attached hydrogens (primary N) is 1. The SMILES string of the molecule is CO[C@@H]1CC[C@H](C(=O)N2CCC(c3cccc(O)c3)CC2)C[C@H]1N.Cl. The average Bonchev–Trinajstić information content (AvgIpc) is 2.61. The van der Waals surface area contributed by atoms with E-state index < -0.39 is 0 Å². The summed E-state index contributed by atoms with van der Waals surface area (Å²) in [6.45, 7) is 1.58. The zero-order chi connectivity index (χ0) is 17.1. The van der Waals surface area contributed by atoms with Crippen molar-refractivity contribution in [2.75, 3.05) is 20.2 Å². The van der Waals surface area contributed by atoms with Crippen LogP contribution in [0.4, 0.5) is 0 Å². The standard InChI is InChI=1S/C19H28N2O3.ClH/c1-24-18-6-5-15(12-17(18)20)19(23)21-9-7-13(8-10-21)14-3-2-4-16(22)11-14;/h2-4,11,13,15,17-18,22H,5-10,12,20H2,1H3;1H/t15-,17+,18+;/m0./s1. The molecule has 1 saturated heterocycles. The van der Waals surface area contributed by atoms with Crippen molar-refractivity contribution in [3.63, 3.8) is 0 Å². The Kier molecular flexibility index (Phi) is 7.11. The molecule has 1 amide bonds. The lowest BCUT2D eigenvalue weighted by Crippen LogP contribution is -2.48. The first-order valence-electron chi connectivity index (χ1n) is 8.94. The third kappa shape index (κ3) is 4.66. The summed E-state index contributed by atoms with van der Waals surface area (Å²) < 4.78 is 5.38. The highest BCUT2D eigenvalue weighted by Crippen LogP contribution is 2.32. The summed E-state index contributed by atoms with van der Waals surface area (Å²) in [4.78, 5) is 14.8. The second-order valence-electron chi connectivity index (χ2n) is 7.14. The van der Waals surface area contributed by atoms with Crippen LogP contribution in [0.5, 0.6) is 5.75 Å². The Hall–Kier alpha value is -1.30. The van der Waals surface area contributed by atoms with Gasteiger partial charge < -0.3 is 20.5 Å². The Labute approximate surface area is 155 Å². The van der Waals surface area contributed by atoms with Gasteiger partial charge in [0.15, 0.2) is 0 Å². The Bertz CT molecular complexity index is 576. The number of likely N-dealkylation sites (tertiary alicyclic amines) is 1. The largest absolute Gasteiger partial charge is 0.508 e. The third-order valence-corrected chi connectivity index (χ3v) is 5.63. The highest BCUT2D eigenvalue weighted by molar-refractivity contribution is 5.85. The van der Waals surface area contributed by atoms with Gasteiger partial charge >= 0.3 is 0 Å². The fraction of sp³-hybridized carbons (Fsp3) is 0.632. The van der Waals surface area contributed by atoms with E-state index in [9.17, 15) is 9.90 Å². The van der Waals surface area contributed by atoms with Crippen molar-refractivity contribution in [1.29, 1.82) is 0 Å². The predicted molar refractivity (Wildman–Crippen MR) is 100 cm³/mol. The third-order valence-electron chi connectivity index (χ3n) is 5.63. The van der Waals surface area contributed by atoms with Gasteiger partial charge in [-0.2, -0.15) is 0 Å². The molecule has 2 fully saturated rings. The number of carbonyl (C=O) groups is 1. The van der Waals surface area contributed by atoms with Gasteiger partial charge in [0, 0.05) is 32.2 Å². The fourth-order valence-corrected chi connectivity index (χ4v) is 4.16. The van der Waals surface area contributed by atoms with Crippen LogP contribution in [0.25, 0.3) is 0 Å². The molecule has 3 N–H and O–H groups in total. The van der Waals surface area contributed by atoms with Gasteiger partial charge in [-0.1, -0.05) is 12.1 Å². The zero-order valence-electron chi connectivity index (χ0n) is 14.8. The molecule has 0 radical (unpaired) electrons. The van der Waals surface area contributed by atoms with Crippen molar-refractivity contribution >= 4 is 18.3 Å². The van der Waals surface area contributed by atoms with E-state index in [-0.39, 0.29) is 36.4 Å². The van der Waals surface area contributed by atoms with Gasteiger partial charge in [0.25, 0.3) is 0 Å². The Morgan fingerprint density at radius 1 is 1.24 bits per heavy atom. The average molecular weight is 369 g/mol. The monoisotopic (exact) mass is 368 g/mol. The summed E-state index contributed by atoms with van der Waals surface area (Å²) in [6.07, 6.45) is 4.46. The molecule has 0 unspecified atom stereocenters. The Morgan fingerprint density at radius 3 is 2.56 bits per heavy atom. The van der Waals surface area contributed by atoms with Crippen molar-refractivity contribution in [3.8, 4) is 5.75 Å². The summed E-state index contributed by atoms with van der Waals surface area (Å²) in [7, 11) is 1.69. The lowest BCUT2D eigenvalue weighted by molar-refractivity contribution is -0.138. The lowest BCUT2D eigenvalue weighted by Gasteiger charge is -2.38. The summed E-state index contributed by atoms with van der Waals surface area (Å²) >= 11 is 0. The number of halogens is 1. The second kappa shape index (κ2) is 8.88. The zero-order valence-corrected chi connectivity index (χ0v) is 15.6. The summed E-state index contributed by atoms with van der Waals surface area (Å²) in [5, 5.41) is 9.63. The van der Waals surface area contributed by atoms with Crippen LogP contribution in [0.15, 0.2) is 24.3 Å². The van der Waals surface area contributed by atoms with Gasteiger partial charge in [-0.25, -0.2) is 0 Å². The van der Waals surface area contributed by atoms with E-state index in [0.29, 0.717) is 11.7 Å². The first-order chi connectivity index (χ1) is 11.6. The molecular weight excluding hydrogens is 340 g/mol. The number of amides is 1. The highest BCUT2D eigenvalue weighted by Gasteiger charge is 2.35. The fourth-order valence-electron chi connectivity index (χ4n) is 4.16. The van der Waals surface area contributed by atoms with Gasteiger partial charge in [0.2, 0.25) is 5.91 Å². The minimum absolute atomic E-state index is 0. The van der Waals surface area contributed by atoms with E-state index in [1.807, 2.05) is 17.0 Å². The van der Waals surface area contributed by atoms with E-state index in [0.717, 1.165) is 45.2 Å². The van der Waals surface area contributed by atoms with E-state index in [4.69, 9.17) is 10.5 Å². The first-order valence-corrected chi connectivity index (χ1v) is 8.94. The molecule has 140 valence electrons. The molecule has 0 aromatic heterocycles. The second-order valence-corrected chi connectivity index (χ2v) is 7.14. The van der Waals surface area contributed by atoms with Crippen LogP contribution >= 0.6 is 12.4 Å². The summed E-state index contributed by atoms with van der Waals surface area (Å²) in [5.74, 6) is 1.04. The van der Waals surface area contributed by atoms with Crippen molar-refractivity contribution < 1.29 is 14.6 Å². The molecule has 1 heterocycles. The van der Waals surface area contributed by atoms with Gasteiger partial charge in [-0.05, 0) is 55.7 Å². The number of phenolic OH excluding ortho intramolecular Hbond substituents is 1. The van der Waals surface area contributed by atoms with Gasteiger partial charge in [-0.15, -0.1) is 12.4 Å². The summed E-state index contributed by atoms with van der Waals surface area (Å²) in [5.41, 5.74) is 7.31. The molecule has 3 atom stereocenters. The molecular formula is C19H29ClN2O3. The predicted octanol–water partition coefficient (Wildman–Crippen LogP) is 2.66. The number of ether oxygens (including phenoxy) is 1. The van der Waals surface area contributed by atoms with Crippen molar-refractivity contribution in [2.24, 2.45) is 11.7 Å². The molecule has 6 heteroatoms. The van der Waals surface area contributed by atoms with Gasteiger partial charge in [0.1, 0.15) is 5.75 Å². The molecule has 25 heavy (non-hydrogen) atoms. The molecule has 1 aromatic carbocycles. The number of benzene rings is 1. The van der Waals surface area contributed by atoms with Crippen molar-refractivity contribution in [1.82, 2.24) is 4.90 Å². The normalized spacial score (nSPS) is 27.6. The number of phenols is 1. The van der Waals surface area contributed by atoms with Crippen molar-refractivity contribution in [2.45, 2.75) is 50.2 Å². The van der Waals surface area contributed by atoms with Crippen molar-refractivity contribution in [3.05, 3.63) is 29.8 Å². The van der Waals surface area contributed by atoms with Crippen LogP contribution in [-0.2, 0) is 9.53 Å². The smallest absolute Gasteiger partial charge is 0.225 e. The maximum atomic E-state index is 12.8. The van der Waals surface area contributed by atoms with E-state index in [1.54, 1.807) is 13.2 Å². The minimum atomic E-state index is -0.0393.